The molecule has 0 saturated carbocycles. The quantitative estimate of drug-likeness (QED) is 0.441. The molecule has 3 aromatic rings. The first kappa shape index (κ1) is 24.4. The first-order valence-corrected chi connectivity index (χ1v) is 11.0. The molecule has 0 saturated heterocycles. The monoisotopic (exact) mass is 492 g/mol. The van der Waals surface area contributed by atoms with E-state index in [-0.39, 0.29) is 34.6 Å². The maximum atomic E-state index is 14.1. The topological polar surface area (TPSA) is 84.2 Å². The van der Waals surface area contributed by atoms with Crippen LogP contribution in [0, 0.1) is 0 Å². The van der Waals surface area contributed by atoms with E-state index in [2.05, 4.69) is 4.74 Å². The number of benzene rings is 2. The summed E-state index contributed by atoms with van der Waals surface area (Å²) in [5, 5.41) is -0.0376. The lowest BCUT2D eigenvalue weighted by atomic mass is 9.99. The molecule has 4 rings (SSSR count). The lowest BCUT2D eigenvalue weighted by Crippen LogP contribution is -2.25. The van der Waals surface area contributed by atoms with Gasteiger partial charge in [-0.2, -0.15) is 13.2 Å². The zero-order valence-electron chi connectivity index (χ0n) is 19.3. The van der Waals surface area contributed by atoms with Gasteiger partial charge < -0.3 is 23.4 Å². The summed E-state index contributed by atoms with van der Waals surface area (Å²) < 4.78 is 68.7. The van der Waals surface area contributed by atoms with Crippen LogP contribution < -0.4 is 19.6 Å². The molecule has 1 aliphatic heterocycles. The van der Waals surface area contributed by atoms with Crippen molar-refractivity contribution < 1.29 is 41.3 Å². The van der Waals surface area contributed by atoms with Crippen molar-refractivity contribution in [2.24, 2.45) is 0 Å². The molecular formula is C25H23F3O7. The number of fused-ring (bicyclic) bond motifs is 2. The number of alkyl halides is 3. The Kier molecular flexibility index (Phi) is 6.64. The molecule has 35 heavy (non-hydrogen) atoms. The number of esters is 1. The highest BCUT2D eigenvalue weighted by Gasteiger charge is 2.40. The summed E-state index contributed by atoms with van der Waals surface area (Å²) in [7, 11) is 1.20. The number of methoxy groups -OCH3 is 1. The summed E-state index contributed by atoms with van der Waals surface area (Å²) in [5.74, 6) is -1.33. The van der Waals surface area contributed by atoms with Gasteiger partial charge in [0.15, 0.2) is 17.6 Å². The maximum absolute atomic E-state index is 14.1. The minimum absolute atomic E-state index is 0.00564. The van der Waals surface area contributed by atoms with Crippen LogP contribution in [0.5, 0.6) is 17.2 Å². The molecule has 0 radical (unpaired) electrons. The van der Waals surface area contributed by atoms with Crippen molar-refractivity contribution in [1.82, 2.24) is 0 Å². The van der Waals surface area contributed by atoms with Crippen molar-refractivity contribution in [2.45, 2.75) is 39.0 Å². The maximum Gasteiger partial charge on any atom is 0.450 e. The van der Waals surface area contributed by atoms with Gasteiger partial charge in [-0.25, -0.2) is 4.79 Å². The van der Waals surface area contributed by atoms with Crippen molar-refractivity contribution in [3.8, 4) is 28.4 Å². The summed E-state index contributed by atoms with van der Waals surface area (Å²) >= 11 is 0. The SMILES string of the molecule is CCCc1cc2c(=O)c(-c3ccc4c(c3)OCCO4)c(C(F)(F)F)oc2cc1O[C@H](C)C(=O)OC. The van der Waals surface area contributed by atoms with Crippen molar-refractivity contribution in [1.29, 1.82) is 0 Å². The molecule has 0 N–H and O–H groups in total. The van der Waals surface area contributed by atoms with E-state index in [1.165, 1.54) is 44.4 Å². The molecule has 1 aliphatic rings. The minimum atomic E-state index is -4.96. The van der Waals surface area contributed by atoms with Gasteiger partial charge in [0, 0.05) is 6.07 Å². The van der Waals surface area contributed by atoms with Crippen LogP contribution in [-0.2, 0) is 22.1 Å². The van der Waals surface area contributed by atoms with Crippen LogP contribution in [-0.4, -0.2) is 32.4 Å². The van der Waals surface area contributed by atoms with E-state index in [1.807, 2.05) is 6.92 Å². The molecule has 186 valence electrons. The van der Waals surface area contributed by atoms with Gasteiger partial charge >= 0.3 is 12.1 Å². The van der Waals surface area contributed by atoms with Crippen LogP contribution in [0.4, 0.5) is 13.2 Å². The van der Waals surface area contributed by atoms with Crippen molar-refractivity contribution in [3.05, 3.63) is 51.9 Å². The van der Waals surface area contributed by atoms with E-state index in [9.17, 15) is 22.8 Å². The average Bonchev–Trinajstić information content (AvgIpc) is 2.83. The third-order valence-corrected chi connectivity index (χ3v) is 5.52. The molecule has 1 aromatic heterocycles. The number of carbonyl (C=O) groups is 1. The number of ether oxygens (including phenoxy) is 4. The zero-order chi connectivity index (χ0) is 25.3. The molecular weight excluding hydrogens is 469 g/mol. The minimum Gasteiger partial charge on any atom is -0.486 e. The highest BCUT2D eigenvalue weighted by molar-refractivity contribution is 5.86. The van der Waals surface area contributed by atoms with Gasteiger partial charge in [-0.3, -0.25) is 4.79 Å². The van der Waals surface area contributed by atoms with E-state index in [1.54, 1.807) is 0 Å². The van der Waals surface area contributed by atoms with Gasteiger partial charge in [-0.15, -0.1) is 0 Å². The third kappa shape index (κ3) is 4.78. The number of hydrogen-bond acceptors (Lipinski definition) is 7. The number of carbonyl (C=O) groups excluding carboxylic acids is 1. The zero-order valence-corrected chi connectivity index (χ0v) is 19.3. The Bertz CT molecular complexity index is 1330. The van der Waals surface area contributed by atoms with E-state index in [0.29, 0.717) is 30.8 Å². The molecule has 2 heterocycles. The number of halogens is 3. The van der Waals surface area contributed by atoms with Crippen LogP contribution in [0.1, 0.15) is 31.6 Å². The van der Waals surface area contributed by atoms with Crippen molar-refractivity contribution in [3.63, 3.8) is 0 Å². The normalized spacial score (nSPS) is 14.0. The smallest absolute Gasteiger partial charge is 0.450 e. The molecule has 7 nitrogen and oxygen atoms in total. The van der Waals surface area contributed by atoms with Gasteiger partial charge in [0.2, 0.25) is 11.2 Å². The predicted octanol–water partition coefficient (Wildman–Crippen LogP) is 5.14. The standard InChI is InChI=1S/C25H23F3O7/c1-4-5-14-10-16-19(12-18(14)34-13(2)24(30)31-3)35-23(25(26,27)28)21(22(16)29)15-6-7-17-20(11-15)33-9-8-32-17/h6-7,10-13H,4-5,8-9H2,1-3H3/t13-/m1/s1. The van der Waals surface area contributed by atoms with Gasteiger partial charge in [0.05, 0.1) is 18.1 Å². The molecule has 10 heteroatoms. The second-order valence-corrected chi connectivity index (χ2v) is 7.98. The van der Waals surface area contributed by atoms with Gasteiger partial charge in [-0.05, 0) is 42.7 Å². The summed E-state index contributed by atoms with van der Waals surface area (Å²) in [6.07, 6.45) is -4.86. The van der Waals surface area contributed by atoms with Crippen LogP contribution in [0.2, 0.25) is 0 Å². The Morgan fingerprint density at radius 2 is 1.83 bits per heavy atom. The van der Waals surface area contributed by atoms with Crippen LogP contribution in [0.15, 0.2) is 39.5 Å². The Labute approximate surface area is 198 Å². The van der Waals surface area contributed by atoms with Crippen LogP contribution in [0.3, 0.4) is 0 Å². The first-order chi connectivity index (χ1) is 16.6. The molecule has 0 aliphatic carbocycles. The third-order valence-electron chi connectivity index (χ3n) is 5.52. The van der Waals surface area contributed by atoms with E-state index in [0.717, 1.165) is 0 Å². The Morgan fingerprint density at radius 3 is 2.49 bits per heavy atom. The predicted molar refractivity (Wildman–Crippen MR) is 120 cm³/mol. The fraction of sp³-hybridized carbons (Fsp3) is 0.360. The van der Waals surface area contributed by atoms with E-state index >= 15 is 0 Å². The molecule has 0 bridgehead atoms. The summed E-state index contributed by atoms with van der Waals surface area (Å²) in [4.78, 5) is 25.3. The summed E-state index contributed by atoms with van der Waals surface area (Å²) in [5.41, 5.74) is -1.23. The average molecular weight is 492 g/mol. The van der Waals surface area contributed by atoms with E-state index in [4.69, 9.17) is 18.6 Å². The largest absolute Gasteiger partial charge is 0.486 e. The lowest BCUT2D eigenvalue weighted by Gasteiger charge is -2.20. The number of aryl methyl sites for hydroxylation is 1. The first-order valence-electron chi connectivity index (χ1n) is 11.0. The second-order valence-electron chi connectivity index (χ2n) is 7.98. The molecule has 0 fully saturated rings. The highest BCUT2D eigenvalue weighted by Crippen LogP contribution is 2.41. The number of hydrogen-bond donors (Lipinski definition) is 0. The summed E-state index contributed by atoms with van der Waals surface area (Å²) in [6.45, 7) is 3.90. The van der Waals surface area contributed by atoms with Crippen molar-refractivity contribution in [2.75, 3.05) is 20.3 Å². The summed E-state index contributed by atoms with van der Waals surface area (Å²) in [6, 6.07) is 6.82. The van der Waals surface area contributed by atoms with Crippen LogP contribution >= 0.6 is 0 Å². The Morgan fingerprint density at radius 1 is 1.11 bits per heavy atom. The van der Waals surface area contributed by atoms with Crippen LogP contribution in [0.25, 0.3) is 22.1 Å². The fourth-order valence-electron chi connectivity index (χ4n) is 3.91. The lowest BCUT2D eigenvalue weighted by molar-refractivity contribution is -0.152. The van der Waals surface area contributed by atoms with E-state index < -0.39 is 35.0 Å². The highest BCUT2D eigenvalue weighted by atomic mass is 19.4. The molecule has 1 atom stereocenters. The van der Waals surface area contributed by atoms with Gasteiger partial charge in [0.1, 0.15) is 24.5 Å². The molecule has 2 aromatic carbocycles. The van der Waals surface area contributed by atoms with Gasteiger partial charge in [0.25, 0.3) is 0 Å². The fourth-order valence-corrected chi connectivity index (χ4v) is 3.91. The Hall–Kier alpha value is -3.69. The molecule has 0 amide bonds. The Balaban J connectivity index is 1.94. The number of rotatable bonds is 6. The van der Waals surface area contributed by atoms with Crippen molar-refractivity contribution >= 4 is 16.9 Å². The van der Waals surface area contributed by atoms with Gasteiger partial charge in [-0.1, -0.05) is 19.4 Å². The second kappa shape index (κ2) is 9.52. The molecule has 0 spiro atoms. The molecule has 0 unspecified atom stereocenters.